The Labute approximate surface area is 226 Å². The number of hydrogen-bond donors (Lipinski definition) is 0. The van der Waals surface area contributed by atoms with E-state index >= 15 is 0 Å². The van der Waals surface area contributed by atoms with Crippen LogP contribution in [-0.2, 0) is 16.3 Å². The smallest absolute Gasteiger partial charge is 0.273 e. The van der Waals surface area contributed by atoms with Gasteiger partial charge in [0.1, 0.15) is 22.0 Å². The van der Waals surface area contributed by atoms with Crippen LogP contribution in [0, 0.1) is 15.9 Å². The van der Waals surface area contributed by atoms with Gasteiger partial charge in [-0.25, -0.2) is 17.8 Å². The average molecular weight is 563 g/mol. The minimum atomic E-state index is -4.19. The molecule has 194 valence electrons. The Balaban J connectivity index is 1.48. The lowest BCUT2D eigenvalue weighted by molar-refractivity contribution is -0.385. The maximum atomic E-state index is 13.9. The first-order valence-electron chi connectivity index (χ1n) is 11.6. The van der Waals surface area contributed by atoms with Crippen molar-refractivity contribution in [2.75, 3.05) is 0 Å². The lowest BCUT2D eigenvalue weighted by Gasteiger charge is -2.24. The molecule has 4 aromatic carbocycles. The van der Waals surface area contributed by atoms with E-state index in [9.17, 15) is 22.9 Å². The number of allylic oxidation sites excluding steroid dienone is 1. The Morgan fingerprint density at radius 1 is 0.949 bits per heavy atom. The van der Waals surface area contributed by atoms with Gasteiger partial charge in [0, 0.05) is 23.6 Å². The monoisotopic (exact) mass is 562 g/mol. The largest absolute Gasteiger partial charge is 0.454 e. The van der Waals surface area contributed by atoms with E-state index in [1.165, 1.54) is 12.1 Å². The molecule has 0 aliphatic carbocycles. The van der Waals surface area contributed by atoms with Crippen LogP contribution in [0.1, 0.15) is 11.1 Å². The van der Waals surface area contributed by atoms with E-state index in [4.69, 9.17) is 20.8 Å². The lowest BCUT2D eigenvalue weighted by Crippen LogP contribution is -2.19. The fourth-order valence-electron chi connectivity index (χ4n) is 4.36. The number of halogens is 2. The highest BCUT2D eigenvalue weighted by molar-refractivity contribution is 7.95. The summed E-state index contributed by atoms with van der Waals surface area (Å²) in [6.07, 6.45) is -0.100. The summed E-state index contributed by atoms with van der Waals surface area (Å²) in [6.45, 7) is 0. The van der Waals surface area contributed by atoms with Crippen molar-refractivity contribution in [3.8, 4) is 17.2 Å². The summed E-state index contributed by atoms with van der Waals surface area (Å²) in [5, 5.41) is 11.1. The van der Waals surface area contributed by atoms with Crippen molar-refractivity contribution in [2.24, 2.45) is 0 Å². The lowest BCUT2D eigenvalue weighted by atomic mass is 10.1. The number of rotatable bonds is 5. The molecule has 0 bridgehead atoms. The Morgan fingerprint density at radius 3 is 2.54 bits per heavy atom. The zero-order valence-electron chi connectivity index (χ0n) is 19.8. The van der Waals surface area contributed by atoms with Crippen molar-refractivity contribution in [1.29, 1.82) is 0 Å². The van der Waals surface area contributed by atoms with Gasteiger partial charge in [0.15, 0.2) is 11.3 Å². The number of aromatic nitrogens is 1. The van der Waals surface area contributed by atoms with Crippen molar-refractivity contribution in [3.63, 3.8) is 0 Å². The summed E-state index contributed by atoms with van der Waals surface area (Å²) in [7, 11) is -4.19. The molecule has 0 radical (unpaired) electrons. The van der Waals surface area contributed by atoms with Crippen molar-refractivity contribution in [2.45, 2.75) is 11.3 Å². The second kappa shape index (κ2) is 9.33. The number of nitrogens with zero attached hydrogens (tertiary/aromatic N) is 2. The van der Waals surface area contributed by atoms with Gasteiger partial charge in [0.25, 0.3) is 5.69 Å². The molecule has 0 fully saturated rings. The number of sulfone groups is 1. The SMILES string of the molecule is O=[N+]([O-])c1ccc2c(c1)OC(c1ccc(F)c(Cl)c1)=C(Cc1cccc(-c3nc4ccccc4o3)c1)S2(=O)=O. The highest BCUT2D eigenvalue weighted by Crippen LogP contribution is 2.43. The van der Waals surface area contributed by atoms with Crippen LogP contribution in [0.25, 0.3) is 28.3 Å². The molecule has 5 aromatic rings. The molecule has 0 N–H and O–H groups in total. The van der Waals surface area contributed by atoms with Crippen molar-refractivity contribution < 1.29 is 26.9 Å². The van der Waals surface area contributed by atoms with Crippen LogP contribution in [0.3, 0.4) is 0 Å². The average Bonchev–Trinajstić information content (AvgIpc) is 3.36. The van der Waals surface area contributed by atoms with E-state index in [1.807, 2.05) is 18.2 Å². The summed E-state index contributed by atoms with van der Waals surface area (Å²) in [4.78, 5) is 14.8. The predicted molar refractivity (Wildman–Crippen MR) is 142 cm³/mol. The summed E-state index contributed by atoms with van der Waals surface area (Å²) >= 11 is 5.99. The minimum Gasteiger partial charge on any atom is -0.454 e. The third-order valence-corrected chi connectivity index (χ3v) is 8.42. The van der Waals surface area contributed by atoms with Gasteiger partial charge >= 0.3 is 0 Å². The van der Waals surface area contributed by atoms with Gasteiger partial charge < -0.3 is 9.15 Å². The highest BCUT2D eigenvalue weighted by atomic mass is 35.5. The standard InChI is InChI=1S/C28H16ClFN2O6S/c29-20-14-17(8-10-21(20)30)27-26(39(35,36)25-11-9-19(32(33)34)15-24(25)37-27)13-16-4-3-5-18(12-16)28-31-22-6-1-2-7-23(22)38-28/h1-12,14-15H,13H2. The van der Waals surface area contributed by atoms with Crippen molar-refractivity contribution in [1.82, 2.24) is 4.98 Å². The number of oxazole rings is 1. The van der Waals surface area contributed by atoms with Crippen molar-refractivity contribution >= 4 is 44.0 Å². The number of ether oxygens (including phenoxy) is 1. The molecular formula is C28H16ClFN2O6S. The molecule has 0 amide bonds. The normalized spacial score (nSPS) is 14.2. The number of hydrogen-bond acceptors (Lipinski definition) is 7. The zero-order chi connectivity index (χ0) is 27.3. The number of benzene rings is 4. The Kier molecular flexibility index (Phi) is 5.93. The van der Waals surface area contributed by atoms with Crippen LogP contribution in [-0.4, -0.2) is 18.3 Å². The molecule has 11 heteroatoms. The van der Waals surface area contributed by atoms with Crippen LogP contribution in [0.2, 0.25) is 5.02 Å². The summed E-state index contributed by atoms with van der Waals surface area (Å²) in [5.41, 5.74) is 2.41. The Bertz CT molecular complexity index is 1920. The number of non-ortho nitro benzene ring substituents is 1. The van der Waals surface area contributed by atoms with E-state index in [0.29, 0.717) is 28.1 Å². The second-order valence-corrected chi connectivity index (χ2v) is 11.1. The first-order chi connectivity index (χ1) is 18.7. The second-order valence-electron chi connectivity index (χ2n) is 8.74. The van der Waals surface area contributed by atoms with Gasteiger partial charge in [-0.05, 0) is 54.1 Å². The molecule has 0 spiro atoms. The Hall–Kier alpha value is -4.54. The molecule has 2 heterocycles. The van der Waals surface area contributed by atoms with Crippen LogP contribution in [0.4, 0.5) is 10.1 Å². The van der Waals surface area contributed by atoms with E-state index < -0.39 is 20.6 Å². The molecular weight excluding hydrogens is 547 g/mol. The number of para-hydroxylation sites is 2. The first kappa shape index (κ1) is 24.8. The molecule has 0 saturated carbocycles. The fraction of sp³-hybridized carbons (Fsp3) is 0.0357. The zero-order valence-corrected chi connectivity index (χ0v) is 21.4. The summed E-state index contributed by atoms with van der Waals surface area (Å²) < 4.78 is 53.5. The minimum absolute atomic E-state index is 0.0998. The molecule has 1 aliphatic heterocycles. The predicted octanol–water partition coefficient (Wildman–Crippen LogP) is 6.97. The molecule has 8 nitrogen and oxygen atoms in total. The number of fused-ring (bicyclic) bond motifs is 2. The van der Waals surface area contributed by atoms with Crippen LogP contribution in [0.15, 0.2) is 99.1 Å². The van der Waals surface area contributed by atoms with E-state index in [-0.39, 0.29) is 44.0 Å². The summed E-state index contributed by atoms with van der Waals surface area (Å²) in [6, 6.07) is 21.3. The third-order valence-electron chi connectivity index (χ3n) is 6.23. The maximum absolute atomic E-state index is 13.9. The van der Waals surface area contributed by atoms with Gasteiger partial charge in [-0.3, -0.25) is 10.1 Å². The van der Waals surface area contributed by atoms with Crippen molar-refractivity contribution in [3.05, 3.63) is 122 Å². The van der Waals surface area contributed by atoms with E-state index in [2.05, 4.69) is 4.98 Å². The molecule has 1 aliphatic rings. The first-order valence-corrected chi connectivity index (χ1v) is 13.4. The van der Waals surface area contributed by atoms with Gasteiger partial charge in [-0.2, -0.15) is 0 Å². The molecule has 1 aromatic heterocycles. The quantitative estimate of drug-likeness (QED) is 0.168. The van der Waals surface area contributed by atoms with Crippen LogP contribution >= 0.6 is 11.6 Å². The topological polar surface area (TPSA) is 113 Å². The van der Waals surface area contributed by atoms with Gasteiger partial charge in [0.05, 0.1) is 20.9 Å². The van der Waals surface area contributed by atoms with Crippen LogP contribution < -0.4 is 4.74 Å². The highest BCUT2D eigenvalue weighted by Gasteiger charge is 2.36. The van der Waals surface area contributed by atoms with Gasteiger partial charge in [-0.15, -0.1) is 0 Å². The number of nitro groups is 1. The summed E-state index contributed by atoms with van der Waals surface area (Å²) in [5.74, 6) is -0.623. The molecule has 0 saturated heterocycles. The van der Waals surface area contributed by atoms with Gasteiger partial charge in [0.2, 0.25) is 15.7 Å². The number of nitro benzene ring substituents is 1. The third kappa shape index (κ3) is 4.43. The van der Waals surface area contributed by atoms with E-state index in [0.717, 1.165) is 24.3 Å². The van der Waals surface area contributed by atoms with E-state index in [1.54, 1.807) is 30.3 Å². The fourth-order valence-corrected chi connectivity index (χ4v) is 6.18. The molecule has 0 atom stereocenters. The van der Waals surface area contributed by atoms with Gasteiger partial charge in [-0.1, -0.05) is 35.9 Å². The molecule has 6 rings (SSSR count). The van der Waals surface area contributed by atoms with Crippen LogP contribution in [0.5, 0.6) is 5.75 Å². The molecule has 39 heavy (non-hydrogen) atoms. The molecule has 0 unspecified atom stereocenters. The Morgan fingerprint density at radius 2 is 1.77 bits per heavy atom. The maximum Gasteiger partial charge on any atom is 0.273 e.